The monoisotopic (exact) mass is 479 g/mol. The van der Waals surface area contributed by atoms with E-state index in [1.54, 1.807) is 31.4 Å². The van der Waals surface area contributed by atoms with Crippen LogP contribution in [0.2, 0.25) is 0 Å². The minimum absolute atomic E-state index is 0.00121. The van der Waals surface area contributed by atoms with Crippen molar-refractivity contribution in [3.63, 3.8) is 0 Å². The van der Waals surface area contributed by atoms with Crippen molar-refractivity contribution in [3.05, 3.63) is 24.3 Å². The zero-order valence-electron chi connectivity index (χ0n) is 19.6. The Kier molecular flexibility index (Phi) is 7.94. The molecule has 0 bridgehead atoms. The van der Waals surface area contributed by atoms with Crippen LogP contribution in [0.5, 0.6) is 5.75 Å². The van der Waals surface area contributed by atoms with E-state index in [1.165, 1.54) is 23.6 Å². The Morgan fingerprint density at radius 2 is 1.79 bits per heavy atom. The molecule has 1 aromatic rings. The van der Waals surface area contributed by atoms with Crippen LogP contribution in [0.1, 0.15) is 44.9 Å². The van der Waals surface area contributed by atoms with E-state index in [1.807, 2.05) is 0 Å². The highest BCUT2D eigenvalue weighted by Crippen LogP contribution is 2.34. The predicted octanol–water partition coefficient (Wildman–Crippen LogP) is 2.25. The summed E-state index contributed by atoms with van der Waals surface area (Å²) in [5.74, 6) is 0.265. The van der Waals surface area contributed by atoms with E-state index in [-0.39, 0.29) is 28.8 Å². The van der Waals surface area contributed by atoms with Crippen molar-refractivity contribution in [2.45, 2.75) is 55.4 Å². The quantitative estimate of drug-likeness (QED) is 0.645. The van der Waals surface area contributed by atoms with Gasteiger partial charge in [-0.1, -0.05) is 19.3 Å². The molecule has 2 heterocycles. The van der Waals surface area contributed by atoms with Gasteiger partial charge in [0.05, 0.1) is 31.1 Å². The van der Waals surface area contributed by atoms with Crippen LogP contribution in [0.15, 0.2) is 29.2 Å². The van der Waals surface area contributed by atoms with Crippen LogP contribution in [-0.2, 0) is 19.6 Å². The Morgan fingerprint density at radius 3 is 2.45 bits per heavy atom. The average molecular weight is 480 g/mol. The van der Waals surface area contributed by atoms with E-state index >= 15 is 0 Å². The molecule has 1 aliphatic carbocycles. The van der Waals surface area contributed by atoms with Crippen molar-refractivity contribution >= 4 is 15.9 Å². The van der Waals surface area contributed by atoms with Crippen LogP contribution in [0.25, 0.3) is 0 Å². The summed E-state index contributed by atoms with van der Waals surface area (Å²) in [6.45, 7) is 4.61. The molecule has 1 N–H and O–H groups in total. The largest absolute Gasteiger partial charge is 0.497 e. The fraction of sp³-hybridized carbons (Fsp3) is 0.708. The first-order valence-electron chi connectivity index (χ1n) is 12.2. The highest BCUT2D eigenvalue weighted by Gasteiger charge is 2.40. The van der Waals surface area contributed by atoms with Crippen LogP contribution in [0.3, 0.4) is 0 Å². The molecular weight excluding hydrogens is 442 g/mol. The second-order valence-corrected chi connectivity index (χ2v) is 11.4. The van der Waals surface area contributed by atoms with Crippen molar-refractivity contribution in [1.82, 2.24) is 14.5 Å². The zero-order valence-corrected chi connectivity index (χ0v) is 20.4. The summed E-state index contributed by atoms with van der Waals surface area (Å²) in [6.07, 6.45) is 7.20. The van der Waals surface area contributed by atoms with Gasteiger partial charge in [0.15, 0.2) is 0 Å². The first-order valence-corrected chi connectivity index (χ1v) is 13.6. The first kappa shape index (κ1) is 24.4. The molecule has 8 nitrogen and oxygen atoms in total. The molecule has 1 atom stereocenters. The minimum Gasteiger partial charge on any atom is -0.497 e. The zero-order chi connectivity index (χ0) is 23.3. The normalized spacial score (nSPS) is 24.8. The number of ether oxygens (including phenoxy) is 2. The molecule has 1 saturated carbocycles. The summed E-state index contributed by atoms with van der Waals surface area (Å²) in [5, 5.41) is 3.23. The predicted molar refractivity (Wildman–Crippen MR) is 126 cm³/mol. The number of hydrogen-bond donors (Lipinski definition) is 1. The Labute approximate surface area is 197 Å². The number of sulfonamides is 1. The number of benzene rings is 1. The Bertz CT molecular complexity index is 893. The molecule has 0 radical (unpaired) electrons. The molecule has 1 amide bonds. The van der Waals surface area contributed by atoms with Gasteiger partial charge in [-0.3, -0.25) is 9.69 Å². The van der Waals surface area contributed by atoms with Crippen molar-refractivity contribution in [2.24, 2.45) is 5.92 Å². The number of carbonyl (C=O) groups excluding carboxylic acids is 1. The maximum atomic E-state index is 13.2. The maximum absolute atomic E-state index is 13.2. The summed E-state index contributed by atoms with van der Waals surface area (Å²) >= 11 is 0. The molecule has 2 saturated heterocycles. The fourth-order valence-electron chi connectivity index (χ4n) is 5.52. The number of piperidine rings is 1. The van der Waals surface area contributed by atoms with E-state index in [2.05, 4.69) is 10.2 Å². The SMILES string of the molecule is COc1ccc(S(=O)(=O)N2CCC[C@H](C(=O)NCC3(N4CCOCC4)CCCCC3)C2)cc1. The molecule has 0 aromatic heterocycles. The van der Waals surface area contributed by atoms with Crippen molar-refractivity contribution < 1.29 is 22.7 Å². The second-order valence-electron chi connectivity index (χ2n) is 9.48. The molecule has 3 aliphatic rings. The Balaban J connectivity index is 1.39. The van der Waals surface area contributed by atoms with Gasteiger partial charge in [0, 0.05) is 38.3 Å². The standard InChI is InChI=1S/C24H37N3O5S/c1-31-21-7-9-22(10-8-21)33(29,30)27-13-5-6-20(18-27)23(28)25-19-24(11-3-2-4-12-24)26-14-16-32-17-15-26/h7-10,20H,2-6,11-19H2,1H3,(H,25,28)/t20-/m0/s1. The lowest BCUT2D eigenvalue weighted by atomic mass is 9.79. The lowest BCUT2D eigenvalue weighted by Crippen LogP contribution is -2.60. The van der Waals surface area contributed by atoms with Gasteiger partial charge in [-0.15, -0.1) is 0 Å². The van der Waals surface area contributed by atoms with Crippen LogP contribution >= 0.6 is 0 Å². The third-order valence-corrected chi connectivity index (χ3v) is 9.39. The number of morpholine rings is 1. The summed E-state index contributed by atoms with van der Waals surface area (Å²) in [5.41, 5.74) is 0.00121. The maximum Gasteiger partial charge on any atom is 0.243 e. The summed E-state index contributed by atoms with van der Waals surface area (Å²) in [6, 6.07) is 6.42. The molecule has 0 spiro atoms. The third kappa shape index (κ3) is 5.53. The van der Waals surface area contributed by atoms with Crippen molar-refractivity contribution in [3.8, 4) is 5.75 Å². The topological polar surface area (TPSA) is 88.2 Å². The average Bonchev–Trinajstić information content (AvgIpc) is 2.88. The molecule has 9 heteroatoms. The van der Waals surface area contributed by atoms with Crippen LogP contribution in [0.4, 0.5) is 0 Å². The van der Waals surface area contributed by atoms with E-state index in [9.17, 15) is 13.2 Å². The number of amides is 1. The van der Waals surface area contributed by atoms with Gasteiger partial charge in [0.1, 0.15) is 5.75 Å². The second kappa shape index (κ2) is 10.7. The summed E-state index contributed by atoms with van der Waals surface area (Å²) in [4.78, 5) is 15.9. The lowest BCUT2D eigenvalue weighted by Gasteiger charge is -2.48. The van der Waals surface area contributed by atoms with E-state index in [4.69, 9.17) is 9.47 Å². The van der Waals surface area contributed by atoms with Crippen LogP contribution < -0.4 is 10.1 Å². The molecule has 2 aliphatic heterocycles. The molecule has 4 rings (SSSR count). The number of hydrogen-bond acceptors (Lipinski definition) is 6. The van der Waals surface area contributed by atoms with E-state index in [0.29, 0.717) is 31.7 Å². The Hall–Kier alpha value is -1.68. The Morgan fingerprint density at radius 1 is 1.09 bits per heavy atom. The van der Waals surface area contributed by atoms with Gasteiger partial charge in [-0.2, -0.15) is 4.31 Å². The molecule has 184 valence electrons. The van der Waals surface area contributed by atoms with Gasteiger partial charge >= 0.3 is 0 Å². The van der Waals surface area contributed by atoms with E-state index in [0.717, 1.165) is 39.1 Å². The minimum atomic E-state index is -3.64. The number of nitrogens with zero attached hydrogens (tertiary/aromatic N) is 2. The highest BCUT2D eigenvalue weighted by atomic mass is 32.2. The molecule has 0 unspecified atom stereocenters. The number of carbonyl (C=O) groups is 1. The van der Waals surface area contributed by atoms with Crippen molar-refractivity contribution in [1.29, 1.82) is 0 Å². The molecule has 3 fully saturated rings. The van der Waals surface area contributed by atoms with Crippen LogP contribution in [0, 0.1) is 5.92 Å². The van der Waals surface area contributed by atoms with Crippen LogP contribution in [-0.4, -0.2) is 82.1 Å². The van der Waals surface area contributed by atoms with Gasteiger partial charge in [-0.25, -0.2) is 8.42 Å². The molecular formula is C24H37N3O5S. The highest BCUT2D eigenvalue weighted by molar-refractivity contribution is 7.89. The molecule has 33 heavy (non-hydrogen) atoms. The first-order chi connectivity index (χ1) is 15.9. The lowest BCUT2D eigenvalue weighted by molar-refractivity contribution is -0.127. The van der Waals surface area contributed by atoms with Crippen molar-refractivity contribution in [2.75, 3.05) is 53.0 Å². The van der Waals surface area contributed by atoms with Gasteiger partial charge < -0.3 is 14.8 Å². The smallest absolute Gasteiger partial charge is 0.243 e. The van der Waals surface area contributed by atoms with Gasteiger partial charge in [-0.05, 0) is 49.9 Å². The number of methoxy groups -OCH3 is 1. The number of nitrogens with one attached hydrogen (secondary N) is 1. The van der Waals surface area contributed by atoms with E-state index < -0.39 is 10.0 Å². The summed E-state index contributed by atoms with van der Waals surface area (Å²) < 4.78 is 38.4. The molecule has 1 aromatic carbocycles. The summed E-state index contributed by atoms with van der Waals surface area (Å²) in [7, 11) is -2.09. The third-order valence-electron chi connectivity index (χ3n) is 7.51. The van der Waals surface area contributed by atoms with Gasteiger partial charge in [0.2, 0.25) is 15.9 Å². The number of rotatable bonds is 7. The van der Waals surface area contributed by atoms with Gasteiger partial charge in [0.25, 0.3) is 0 Å². The fourth-order valence-corrected chi connectivity index (χ4v) is 7.04.